The van der Waals surface area contributed by atoms with Gasteiger partial charge in [-0.3, -0.25) is 0 Å². The lowest BCUT2D eigenvalue weighted by molar-refractivity contribution is 0.204. The Bertz CT molecular complexity index is 544. The van der Waals surface area contributed by atoms with E-state index in [0.29, 0.717) is 0 Å². The van der Waals surface area contributed by atoms with E-state index in [-0.39, 0.29) is 34.0 Å². The fourth-order valence-electron chi connectivity index (χ4n) is 2.64. The number of hydrogen-bond donors (Lipinski definition) is 1. The zero-order valence-corrected chi connectivity index (χ0v) is 13.4. The monoisotopic (exact) mass is 351 g/mol. The Morgan fingerprint density at radius 3 is 2.47 bits per heavy atom. The number of nitrogens with zero attached hydrogens (tertiary/aromatic N) is 1. The van der Waals surface area contributed by atoms with Gasteiger partial charge in [0.2, 0.25) is 10.0 Å². The summed E-state index contributed by atoms with van der Waals surface area (Å²) in [6.45, 7) is 3.53. The predicted octanol–water partition coefficient (Wildman–Crippen LogP) is 2.49. The van der Waals surface area contributed by atoms with E-state index in [4.69, 9.17) is 9.52 Å². The van der Waals surface area contributed by atoms with Crippen molar-refractivity contribution in [2.24, 2.45) is 0 Å². The van der Waals surface area contributed by atoms with E-state index in [1.165, 1.54) is 6.07 Å². The Labute approximate surface area is 121 Å². The Morgan fingerprint density at radius 1 is 1.42 bits per heavy atom. The zero-order chi connectivity index (χ0) is 14.2. The molecular weight excluding hydrogens is 334 g/mol. The molecule has 2 heterocycles. The summed E-state index contributed by atoms with van der Waals surface area (Å²) in [5.74, 6) is 0.239. The van der Waals surface area contributed by atoms with Gasteiger partial charge in [0.15, 0.2) is 4.67 Å². The third kappa shape index (κ3) is 2.74. The van der Waals surface area contributed by atoms with Crippen LogP contribution in [-0.2, 0) is 16.6 Å². The molecule has 1 saturated heterocycles. The first kappa shape index (κ1) is 15.0. The number of halogens is 1. The van der Waals surface area contributed by atoms with Gasteiger partial charge in [0.25, 0.3) is 0 Å². The molecule has 1 N–H and O–H groups in total. The summed E-state index contributed by atoms with van der Waals surface area (Å²) in [6, 6.07) is 1.34. The first-order valence-corrected chi connectivity index (χ1v) is 8.54. The van der Waals surface area contributed by atoms with Gasteiger partial charge in [0, 0.05) is 18.2 Å². The first-order valence-electron chi connectivity index (χ1n) is 6.30. The molecule has 0 unspecified atom stereocenters. The molecular formula is C12H18BrNO4S. The molecule has 1 aliphatic rings. The molecule has 0 bridgehead atoms. The maximum absolute atomic E-state index is 12.7. The molecule has 108 valence electrons. The number of rotatable bonds is 3. The lowest BCUT2D eigenvalue weighted by Crippen LogP contribution is -2.47. The largest absolute Gasteiger partial charge is 0.450 e. The van der Waals surface area contributed by atoms with Crippen molar-refractivity contribution in [3.05, 3.63) is 16.5 Å². The van der Waals surface area contributed by atoms with Gasteiger partial charge in [-0.05, 0) is 42.6 Å². The number of sulfonamides is 1. The molecule has 1 aliphatic heterocycles. The molecule has 2 atom stereocenters. The fourth-order valence-corrected chi connectivity index (χ4v) is 5.48. The van der Waals surface area contributed by atoms with Gasteiger partial charge in [-0.1, -0.05) is 6.42 Å². The highest BCUT2D eigenvalue weighted by Crippen LogP contribution is 2.34. The first-order chi connectivity index (χ1) is 8.87. The van der Waals surface area contributed by atoms with Gasteiger partial charge in [-0.2, -0.15) is 4.31 Å². The Morgan fingerprint density at radius 2 is 2.00 bits per heavy atom. The van der Waals surface area contributed by atoms with Crippen molar-refractivity contribution in [3.8, 4) is 0 Å². The number of furan rings is 1. The number of aliphatic hydroxyl groups excluding tert-OH is 1. The van der Waals surface area contributed by atoms with E-state index in [0.717, 1.165) is 19.3 Å². The van der Waals surface area contributed by atoms with Crippen molar-refractivity contribution in [2.75, 3.05) is 0 Å². The van der Waals surface area contributed by atoms with Gasteiger partial charge < -0.3 is 9.52 Å². The molecule has 0 radical (unpaired) electrons. The summed E-state index contributed by atoms with van der Waals surface area (Å²) >= 11 is 3.12. The maximum Gasteiger partial charge on any atom is 0.247 e. The average molecular weight is 352 g/mol. The average Bonchev–Trinajstić information content (AvgIpc) is 2.70. The van der Waals surface area contributed by atoms with Crippen LogP contribution in [0.2, 0.25) is 0 Å². The van der Waals surface area contributed by atoms with E-state index in [1.807, 2.05) is 13.8 Å². The van der Waals surface area contributed by atoms with Crippen molar-refractivity contribution >= 4 is 26.0 Å². The summed E-state index contributed by atoms with van der Waals surface area (Å²) in [5.41, 5.74) is 0. The Balaban J connectivity index is 2.43. The lowest BCUT2D eigenvalue weighted by atomic mass is 10.0. The predicted molar refractivity (Wildman–Crippen MR) is 74.1 cm³/mol. The van der Waals surface area contributed by atoms with E-state index >= 15 is 0 Å². The molecule has 1 fully saturated rings. The van der Waals surface area contributed by atoms with Crippen molar-refractivity contribution in [2.45, 2.75) is 56.7 Å². The van der Waals surface area contributed by atoms with Gasteiger partial charge in [0.1, 0.15) is 17.3 Å². The molecule has 0 amide bonds. The number of aliphatic hydroxyl groups is 1. The maximum atomic E-state index is 12.7. The second-order valence-corrected chi connectivity index (χ2v) is 7.50. The zero-order valence-electron chi connectivity index (χ0n) is 11.0. The summed E-state index contributed by atoms with van der Waals surface area (Å²) in [6.07, 6.45) is 2.78. The van der Waals surface area contributed by atoms with Crippen LogP contribution in [0.4, 0.5) is 0 Å². The van der Waals surface area contributed by atoms with E-state index < -0.39 is 10.0 Å². The van der Waals surface area contributed by atoms with Gasteiger partial charge >= 0.3 is 0 Å². The summed E-state index contributed by atoms with van der Waals surface area (Å²) < 4.78 is 32.3. The van der Waals surface area contributed by atoms with Crippen LogP contribution in [0.25, 0.3) is 0 Å². The SMILES string of the molecule is C[C@@H]1CCC[C@H](C)N1S(=O)(=O)c1cc(CO)oc1Br. The van der Waals surface area contributed by atoms with E-state index in [1.54, 1.807) is 4.31 Å². The van der Waals surface area contributed by atoms with Gasteiger partial charge in [-0.15, -0.1) is 0 Å². The van der Waals surface area contributed by atoms with Crippen LogP contribution < -0.4 is 0 Å². The molecule has 0 saturated carbocycles. The minimum absolute atomic E-state index is 0.0203. The van der Waals surface area contributed by atoms with E-state index in [2.05, 4.69) is 15.9 Å². The highest BCUT2D eigenvalue weighted by molar-refractivity contribution is 9.10. The molecule has 1 aromatic heterocycles. The molecule has 1 aromatic rings. The molecule has 2 rings (SSSR count). The van der Waals surface area contributed by atoms with Crippen molar-refractivity contribution in [1.82, 2.24) is 4.31 Å². The van der Waals surface area contributed by atoms with Crippen molar-refractivity contribution in [3.63, 3.8) is 0 Å². The molecule has 5 nitrogen and oxygen atoms in total. The van der Waals surface area contributed by atoms with Crippen molar-refractivity contribution in [1.29, 1.82) is 0 Å². The topological polar surface area (TPSA) is 70.8 Å². The quantitative estimate of drug-likeness (QED) is 0.907. The minimum atomic E-state index is -3.60. The van der Waals surface area contributed by atoms with Crippen LogP contribution in [-0.4, -0.2) is 29.9 Å². The summed E-state index contributed by atoms with van der Waals surface area (Å²) in [5, 5.41) is 9.03. The van der Waals surface area contributed by atoms with Crippen LogP contribution in [0, 0.1) is 0 Å². The third-order valence-electron chi connectivity index (χ3n) is 3.53. The van der Waals surface area contributed by atoms with Crippen LogP contribution >= 0.6 is 15.9 Å². The number of hydrogen-bond acceptors (Lipinski definition) is 4. The minimum Gasteiger partial charge on any atom is -0.450 e. The van der Waals surface area contributed by atoms with E-state index in [9.17, 15) is 8.42 Å². The highest BCUT2D eigenvalue weighted by Gasteiger charge is 2.37. The third-order valence-corrected chi connectivity index (χ3v) is 6.52. The standard InChI is InChI=1S/C12H18BrNO4S/c1-8-4-3-5-9(2)14(8)19(16,17)11-6-10(7-15)18-12(11)13/h6,8-9,15H,3-5,7H2,1-2H3/t8-,9+. The number of piperidine rings is 1. The Hall–Kier alpha value is -0.370. The van der Waals surface area contributed by atoms with Crippen LogP contribution in [0.3, 0.4) is 0 Å². The second-order valence-electron chi connectivity index (χ2n) is 4.97. The normalized spacial score (nSPS) is 25.7. The van der Waals surface area contributed by atoms with Gasteiger partial charge in [-0.25, -0.2) is 8.42 Å². The van der Waals surface area contributed by atoms with Crippen LogP contribution in [0.5, 0.6) is 0 Å². The lowest BCUT2D eigenvalue weighted by Gasteiger charge is -2.37. The smallest absolute Gasteiger partial charge is 0.247 e. The van der Waals surface area contributed by atoms with Crippen LogP contribution in [0.15, 0.2) is 20.0 Å². The molecule has 7 heteroatoms. The highest BCUT2D eigenvalue weighted by atomic mass is 79.9. The molecule has 0 spiro atoms. The summed E-state index contributed by atoms with van der Waals surface area (Å²) in [4.78, 5) is 0.0946. The van der Waals surface area contributed by atoms with Gasteiger partial charge in [0.05, 0.1) is 0 Å². The van der Waals surface area contributed by atoms with Crippen molar-refractivity contribution < 1.29 is 17.9 Å². The molecule has 19 heavy (non-hydrogen) atoms. The van der Waals surface area contributed by atoms with Crippen LogP contribution in [0.1, 0.15) is 38.9 Å². The molecule has 0 aliphatic carbocycles. The Kier molecular flexibility index (Phi) is 4.39. The fraction of sp³-hybridized carbons (Fsp3) is 0.667. The molecule has 0 aromatic carbocycles. The second kappa shape index (κ2) is 5.55. The summed E-state index contributed by atoms with van der Waals surface area (Å²) in [7, 11) is -3.60.